The van der Waals surface area contributed by atoms with Gasteiger partial charge in [0.15, 0.2) is 0 Å². The van der Waals surface area contributed by atoms with Gasteiger partial charge in [0.25, 0.3) is 0 Å². The van der Waals surface area contributed by atoms with Gasteiger partial charge in [-0.1, -0.05) is 6.07 Å². The Balaban J connectivity index is 1.88. The number of nitrogens with zero attached hydrogens (tertiary/aromatic N) is 3. The molecule has 0 aliphatic carbocycles. The van der Waals surface area contributed by atoms with Crippen LogP contribution < -0.4 is 5.32 Å². The molecule has 1 atom stereocenters. The summed E-state index contributed by atoms with van der Waals surface area (Å²) >= 11 is 1.68. The van der Waals surface area contributed by atoms with Crippen LogP contribution in [-0.4, -0.2) is 39.7 Å². The topological polar surface area (TPSA) is 67.4 Å². The van der Waals surface area contributed by atoms with Crippen LogP contribution >= 0.6 is 11.3 Å². The van der Waals surface area contributed by atoms with Gasteiger partial charge in [-0.15, -0.1) is 11.3 Å². The van der Waals surface area contributed by atoms with E-state index in [-0.39, 0.29) is 12.1 Å². The second-order valence-corrected chi connectivity index (χ2v) is 8.85. The van der Waals surface area contributed by atoms with Crippen molar-refractivity contribution in [1.82, 2.24) is 20.2 Å². The van der Waals surface area contributed by atoms with Crippen molar-refractivity contribution in [2.75, 3.05) is 13.1 Å². The molecule has 2 heterocycles. The Morgan fingerprint density at radius 3 is 2.71 bits per heavy atom. The van der Waals surface area contributed by atoms with Crippen LogP contribution in [0.15, 0.2) is 29.9 Å². The number of unbranched alkanes of at least 4 members (excludes halogenated alkanes) is 1. The van der Waals surface area contributed by atoms with Gasteiger partial charge in [-0.25, -0.2) is 9.78 Å². The fourth-order valence-corrected chi connectivity index (χ4v) is 3.56. The summed E-state index contributed by atoms with van der Waals surface area (Å²) in [5.41, 5.74) is 1.83. The van der Waals surface area contributed by atoms with Crippen molar-refractivity contribution >= 4 is 17.4 Å². The summed E-state index contributed by atoms with van der Waals surface area (Å²) in [6.07, 6.45) is 5.20. The van der Waals surface area contributed by atoms with Crippen molar-refractivity contribution in [2.45, 2.75) is 65.6 Å². The maximum absolute atomic E-state index is 11.7. The lowest BCUT2D eigenvalue weighted by Gasteiger charge is -2.28. The van der Waals surface area contributed by atoms with E-state index in [2.05, 4.69) is 40.1 Å². The van der Waals surface area contributed by atoms with Gasteiger partial charge < -0.3 is 10.1 Å². The Morgan fingerprint density at radius 2 is 2.07 bits per heavy atom. The highest BCUT2D eigenvalue weighted by molar-refractivity contribution is 7.09. The van der Waals surface area contributed by atoms with Crippen LogP contribution in [0.25, 0.3) is 0 Å². The Kier molecular flexibility index (Phi) is 8.38. The zero-order valence-corrected chi connectivity index (χ0v) is 18.4. The molecule has 0 fully saturated rings. The molecule has 0 radical (unpaired) electrons. The van der Waals surface area contributed by atoms with E-state index in [9.17, 15) is 4.79 Å². The molecule has 7 heteroatoms. The summed E-state index contributed by atoms with van der Waals surface area (Å²) in [4.78, 5) is 23.2. The Morgan fingerprint density at radius 1 is 1.29 bits per heavy atom. The fourth-order valence-electron chi connectivity index (χ4n) is 2.83. The number of alkyl carbamates (subject to hydrolysis) is 1. The van der Waals surface area contributed by atoms with E-state index in [0.717, 1.165) is 36.6 Å². The quantitative estimate of drug-likeness (QED) is 0.613. The Labute approximate surface area is 172 Å². The van der Waals surface area contributed by atoms with Gasteiger partial charge in [0, 0.05) is 30.9 Å². The number of aromatic nitrogens is 2. The minimum absolute atomic E-state index is 0.222. The normalized spacial score (nSPS) is 12.8. The van der Waals surface area contributed by atoms with Gasteiger partial charge in [0.1, 0.15) is 10.6 Å². The lowest BCUT2D eigenvalue weighted by Crippen LogP contribution is -2.33. The zero-order valence-electron chi connectivity index (χ0n) is 17.6. The van der Waals surface area contributed by atoms with Gasteiger partial charge >= 0.3 is 6.09 Å². The Hall–Kier alpha value is -1.99. The summed E-state index contributed by atoms with van der Waals surface area (Å²) < 4.78 is 5.27. The number of hydrogen-bond acceptors (Lipinski definition) is 6. The summed E-state index contributed by atoms with van der Waals surface area (Å²) in [5, 5.41) is 5.95. The van der Waals surface area contributed by atoms with Crippen LogP contribution in [0.1, 0.15) is 62.8 Å². The van der Waals surface area contributed by atoms with Crippen molar-refractivity contribution in [3.05, 3.63) is 46.2 Å². The molecule has 2 aromatic rings. The van der Waals surface area contributed by atoms with Gasteiger partial charge in [-0.3, -0.25) is 9.88 Å². The largest absolute Gasteiger partial charge is 0.444 e. The highest BCUT2D eigenvalue weighted by atomic mass is 32.1. The van der Waals surface area contributed by atoms with Crippen molar-refractivity contribution in [1.29, 1.82) is 0 Å². The average molecular weight is 405 g/mol. The molecule has 0 spiro atoms. The molecule has 0 aromatic carbocycles. The number of amides is 1. The first-order chi connectivity index (χ1) is 13.3. The van der Waals surface area contributed by atoms with E-state index in [0.29, 0.717) is 6.54 Å². The number of aryl methyl sites for hydroxylation is 1. The zero-order chi connectivity index (χ0) is 20.6. The van der Waals surface area contributed by atoms with Crippen LogP contribution in [-0.2, 0) is 11.3 Å². The first kappa shape index (κ1) is 22.3. The number of rotatable bonds is 9. The minimum atomic E-state index is -0.468. The predicted molar refractivity (Wildman–Crippen MR) is 113 cm³/mol. The molecular weight excluding hydrogens is 372 g/mol. The number of hydrogen-bond donors (Lipinski definition) is 1. The average Bonchev–Trinajstić information content (AvgIpc) is 3.14. The third kappa shape index (κ3) is 7.56. The molecular formula is C21H32N4O2S. The van der Waals surface area contributed by atoms with E-state index >= 15 is 0 Å². The monoisotopic (exact) mass is 404 g/mol. The maximum atomic E-state index is 11.7. The molecule has 6 nitrogen and oxygen atoms in total. The first-order valence-electron chi connectivity index (χ1n) is 9.77. The summed E-state index contributed by atoms with van der Waals surface area (Å²) in [6.45, 7) is 12.2. The van der Waals surface area contributed by atoms with Crippen LogP contribution in [0.4, 0.5) is 4.79 Å². The molecule has 0 saturated heterocycles. The van der Waals surface area contributed by atoms with Crippen molar-refractivity contribution in [2.24, 2.45) is 0 Å². The lowest BCUT2D eigenvalue weighted by atomic mass is 10.1. The number of nitrogens with one attached hydrogen (secondary N) is 1. The number of carbonyl (C=O) groups excluding carboxylic acids is 1. The molecule has 0 aliphatic heterocycles. The molecule has 0 saturated carbocycles. The summed E-state index contributed by atoms with van der Waals surface area (Å²) in [7, 11) is 0. The lowest BCUT2D eigenvalue weighted by molar-refractivity contribution is 0.0526. The third-order valence-corrected chi connectivity index (χ3v) is 5.31. The summed E-state index contributed by atoms with van der Waals surface area (Å²) in [5.74, 6) is 0. The smallest absolute Gasteiger partial charge is 0.407 e. The number of carbonyl (C=O) groups is 1. The van der Waals surface area contributed by atoms with Gasteiger partial charge in [0.2, 0.25) is 0 Å². The Bertz CT molecular complexity index is 728. The van der Waals surface area contributed by atoms with Crippen LogP contribution in [0.3, 0.4) is 0 Å². The van der Waals surface area contributed by atoms with E-state index in [1.807, 2.05) is 44.6 Å². The van der Waals surface area contributed by atoms with Gasteiger partial charge in [0.05, 0.1) is 11.7 Å². The predicted octanol–water partition coefficient (Wildman–Crippen LogP) is 4.71. The highest BCUT2D eigenvalue weighted by Crippen LogP contribution is 2.24. The van der Waals surface area contributed by atoms with E-state index in [4.69, 9.17) is 4.74 Å². The van der Waals surface area contributed by atoms with Crippen molar-refractivity contribution < 1.29 is 9.53 Å². The van der Waals surface area contributed by atoms with Crippen molar-refractivity contribution in [3.8, 4) is 0 Å². The molecule has 1 unspecified atom stereocenters. The van der Waals surface area contributed by atoms with E-state index < -0.39 is 5.60 Å². The number of ether oxygens (including phenoxy) is 1. The number of thiazole rings is 1. The molecule has 2 aromatic heterocycles. The van der Waals surface area contributed by atoms with E-state index in [1.165, 1.54) is 5.56 Å². The molecule has 0 bridgehead atoms. The molecule has 2 rings (SSSR count). The molecule has 1 amide bonds. The minimum Gasteiger partial charge on any atom is -0.444 e. The third-order valence-electron chi connectivity index (χ3n) is 4.37. The molecule has 154 valence electrons. The van der Waals surface area contributed by atoms with Crippen LogP contribution in [0.5, 0.6) is 0 Å². The SMILES string of the molecule is Cc1cccnc1CN(CCCCNC(=O)OC(C)(C)C)C(C)c1nccs1. The van der Waals surface area contributed by atoms with E-state index in [1.54, 1.807) is 11.3 Å². The van der Waals surface area contributed by atoms with Crippen molar-refractivity contribution in [3.63, 3.8) is 0 Å². The second kappa shape index (κ2) is 10.5. The second-order valence-electron chi connectivity index (χ2n) is 7.92. The van der Waals surface area contributed by atoms with Gasteiger partial charge in [-0.2, -0.15) is 0 Å². The molecule has 0 aliphatic rings. The van der Waals surface area contributed by atoms with Gasteiger partial charge in [-0.05, 0) is 65.6 Å². The molecule has 1 N–H and O–H groups in total. The maximum Gasteiger partial charge on any atom is 0.407 e. The van der Waals surface area contributed by atoms with Crippen LogP contribution in [0.2, 0.25) is 0 Å². The summed E-state index contributed by atoms with van der Waals surface area (Å²) in [6, 6.07) is 4.29. The number of pyridine rings is 1. The first-order valence-corrected chi connectivity index (χ1v) is 10.6. The fraction of sp³-hybridized carbons (Fsp3) is 0.571. The van der Waals surface area contributed by atoms with Crippen LogP contribution in [0, 0.1) is 6.92 Å². The highest BCUT2D eigenvalue weighted by Gasteiger charge is 2.19. The molecule has 28 heavy (non-hydrogen) atoms. The standard InChI is InChI=1S/C21H32N4O2S/c1-16-9-8-11-22-18(16)15-25(17(2)19-23-12-14-28-19)13-7-6-10-24-20(26)27-21(3,4)5/h8-9,11-12,14,17H,6-7,10,13,15H2,1-5H3,(H,24,26).